The predicted octanol–water partition coefficient (Wildman–Crippen LogP) is 1.12. The average molecular weight is 339 g/mol. The molecule has 1 amide bonds. The normalized spacial score (nSPS) is 16.9. The Morgan fingerprint density at radius 1 is 1.29 bits per heavy atom. The zero-order chi connectivity index (χ0) is 16.7. The van der Waals surface area contributed by atoms with Crippen molar-refractivity contribution in [2.24, 2.45) is 5.73 Å². The third kappa shape index (κ3) is 2.64. The topological polar surface area (TPSA) is 86.4 Å². The Hall–Kier alpha value is -2.44. The maximum Gasteiger partial charge on any atom is 0.260 e. The molecule has 0 saturated carbocycles. The average Bonchev–Trinajstić information content (AvgIpc) is 2.90. The van der Waals surface area contributed by atoms with Gasteiger partial charge in [-0.3, -0.25) is 4.79 Å². The van der Waals surface area contributed by atoms with Crippen LogP contribution < -0.4 is 16.4 Å². The molecule has 2 aromatic heterocycles. The quantitative estimate of drug-likeness (QED) is 0.668. The van der Waals surface area contributed by atoms with Gasteiger partial charge in [0.25, 0.3) is 5.91 Å². The fraction of sp³-hybridized carbons (Fsp3) is 0.222. The highest BCUT2D eigenvalue weighted by atomic mass is 32.1. The number of thiophene rings is 1. The van der Waals surface area contributed by atoms with Gasteiger partial charge in [-0.2, -0.15) is 0 Å². The number of carbonyl (C=O) groups excluding carboxylic acids is 1. The lowest BCUT2D eigenvalue weighted by molar-refractivity contribution is -0.929. The smallest absolute Gasteiger partial charge is 0.260 e. The number of hydrogen-bond acceptors (Lipinski definition) is 4. The van der Waals surface area contributed by atoms with Crippen molar-refractivity contribution < 1.29 is 9.69 Å². The molecule has 3 aromatic rings. The molecular weight excluding hydrogens is 320 g/mol. The molecule has 0 spiro atoms. The molecule has 0 radical (unpaired) electrons. The van der Waals surface area contributed by atoms with Crippen LogP contribution in [0, 0.1) is 0 Å². The van der Waals surface area contributed by atoms with E-state index in [2.05, 4.69) is 30.3 Å². The lowest BCUT2D eigenvalue weighted by Gasteiger charge is -2.25. The molecule has 122 valence electrons. The van der Waals surface area contributed by atoms with Gasteiger partial charge in [-0.05, 0) is 6.07 Å². The van der Waals surface area contributed by atoms with E-state index in [1.54, 1.807) is 0 Å². The Morgan fingerprint density at radius 3 is 2.83 bits per heavy atom. The van der Waals surface area contributed by atoms with E-state index in [9.17, 15) is 4.79 Å². The first-order valence-electron chi connectivity index (χ1n) is 8.00. The van der Waals surface area contributed by atoms with Gasteiger partial charge in [-0.1, -0.05) is 30.3 Å². The molecule has 24 heavy (non-hydrogen) atoms. The van der Waals surface area contributed by atoms with Crippen molar-refractivity contribution in [2.75, 3.05) is 12.3 Å². The van der Waals surface area contributed by atoms with Gasteiger partial charge in [-0.15, -0.1) is 11.3 Å². The van der Waals surface area contributed by atoms with Gasteiger partial charge >= 0.3 is 0 Å². The molecule has 3 heterocycles. The Kier molecular flexibility index (Phi) is 3.70. The van der Waals surface area contributed by atoms with Crippen LogP contribution in [-0.4, -0.2) is 17.4 Å². The summed E-state index contributed by atoms with van der Waals surface area (Å²) < 4.78 is 0. The van der Waals surface area contributed by atoms with Crippen LogP contribution in [0.15, 0.2) is 36.4 Å². The van der Waals surface area contributed by atoms with E-state index in [4.69, 9.17) is 16.5 Å². The lowest BCUT2D eigenvalue weighted by Crippen LogP contribution is -3.10. The van der Waals surface area contributed by atoms with Gasteiger partial charge in [0.2, 0.25) is 0 Å². The van der Waals surface area contributed by atoms with Gasteiger partial charge in [0, 0.05) is 22.9 Å². The third-order valence-corrected chi connectivity index (χ3v) is 5.70. The minimum atomic E-state index is -0.482. The number of aromatic nitrogens is 1. The summed E-state index contributed by atoms with van der Waals surface area (Å²) in [5.74, 6) is -0.482. The van der Waals surface area contributed by atoms with Crippen molar-refractivity contribution in [3.05, 3.63) is 58.1 Å². The number of anilines is 1. The van der Waals surface area contributed by atoms with E-state index in [0.717, 1.165) is 42.0 Å². The molecule has 0 fully saturated rings. The van der Waals surface area contributed by atoms with Gasteiger partial charge in [-0.25, -0.2) is 4.98 Å². The third-order valence-electron chi connectivity index (χ3n) is 4.57. The molecule has 0 aliphatic carbocycles. The summed E-state index contributed by atoms with van der Waals surface area (Å²) in [6.07, 6.45) is 0.942. The number of nitrogens with two attached hydrogens (primary N) is 2. The summed E-state index contributed by atoms with van der Waals surface area (Å²) in [4.78, 5) is 19.0. The molecule has 6 heteroatoms. The van der Waals surface area contributed by atoms with E-state index >= 15 is 0 Å². The number of nitrogens with zero attached hydrogens (tertiary/aromatic N) is 1. The van der Waals surface area contributed by atoms with E-state index in [-0.39, 0.29) is 0 Å². The molecule has 0 saturated heterocycles. The van der Waals surface area contributed by atoms with Crippen molar-refractivity contribution in [2.45, 2.75) is 19.5 Å². The van der Waals surface area contributed by atoms with Crippen molar-refractivity contribution in [1.82, 2.24) is 4.98 Å². The lowest BCUT2D eigenvalue weighted by atomic mass is 10.0. The molecule has 1 aromatic carbocycles. The summed E-state index contributed by atoms with van der Waals surface area (Å²) in [6.45, 7) is 2.99. The first-order chi connectivity index (χ1) is 11.6. The van der Waals surface area contributed by atoms with Gasteiger partial charge in [0.05, 0.1) is 17.9 Å². The molecule has 1 atom stereocenters. The molecule has 5 N–H and O–H groups in total. The van der Waals surface area contributed by atoms with Crippen LogP contribution in [0.2, 0.25) is 0 Å². The van der Waals surface area contributed by atoms with Crippen molar-refractivity contribution >= 4 is 33.1 Å². The van der Waals surface area contributed by atoms with E-state index < -0.39 is 5.91 Å². The van der Waals surface area contributed by atoms with Crippen molar-refractivity contribution in [3.63, 3.8) is 0 Å². The molecule has 1 aliphatic rings. The van der Waals surface area contributed by atoms with Crippen LogP contribution in [0.25, 0.3) is 10.2 Å². The minimum Gasteiger partial charge on any atom is -0.397 e. The number of nitrogens with one attached hydrogen (secondary N) is 1. The summed E-state index contributed by atoms with van der Waals surface area (Å²) in [5, 5.41) is 0.855. The molecule has 5 nitrogen and oxygen atoms in total. The summed E-state index contributed by atoms with van der Waals surface area (Å²) >= 11 is 1.29. The van der Waals surface area contributed by atoms with E-state index in [1.807, 2.05) is 6.07 Å². The monoisotopic (exact) mass is 339 g/mol. The zero-order valence-corrected chi connectivity index (χ0v) is 14.0. The number of carbonyl (C=O) groups is 1. The Balaban J connectivity index is 1.65. The van der Waals surface area contributed by atoms with Gasteiger partial charge < -0.3 is 16.4 Å². The Bertz CT molecular complexity index is 920. The second-order valence-electron chi connectivity index (χ2n) is 6.25. The van der Waals surface area contributed by atoms with Crippen LogP contribution >= 0.6 is 11.3 Å². The molecule has 0 bridgehead atoms. The molecule has 1 unspecified atom stereocenters. The number of quaternary nitrogens is 1. The van der Waals surface area contributed by atoms with Crippen LogP contribution in [-0.2, 0) is 19.5 Å². The Morgan fingerprint density at radius 2 is 2.08 bits per heavy atom. The summed E-state index contributed by atoms with van der Waals surface area (Å²) in [7, 11) is 0. The fourth-order valence-corrected chi connectivity index (χ4v) is 4.31. The predicted molar refractivity (Wildman–Crippen MR) is 95.9 cm³/mol. The number of fused-ring (bicyclic) bond motifs is 2. The second kappa shape index (κ2) is 5.89. The minimum absolute atomic E-state index is 0.410. The highest BCUT2D eigenvalue weighted by molar-refractivity contribution is 7.21. The first-order valence-corrected chi connectivity index (χ1v) is 8.81. The maximum absolute atomic E-state index is 11.5. The number of primary amides is 1. The van der Waals surface area contributed by atoms with Crippen LogP contribution in [0.5, 0.6) is 0 Å². The largest absolute Gasteiger partial charge is 0.397 e. The standard InChI is InChI=1S/C18H18N4OS/c19-15-13-8-12-10-22(9-11-4-2-1-3-5-11)7-6-14(12)21-18(13)24-16(15)17(20)23/h1-5,8H,6-7,9-10,19H2,(H2,20,23)/p+1. The number of nitrogen functional groups attached to an aromatic ring is 1. The second-order valence-corrected chi connectivity index (χ2v) is 7.24. The number of benzene rings is 1. The Labute approximate surface area is 143 Å². The molecule has 1 aliphatic heterocycles. The van der Waals surface area contributed by atoms with Crippen molar-refractivity contribution in [3.8, 4) is 0 Å². The zero-order valence-electron chi connectivity index (χ0n) is 13.2. The molecule has 4 rings (SSSR count). The van der Waals surface area contributed by atoms with Crippen molar-refractivity contribution in [1.29, 1.82) is 0 Å². The SMILES string of the molecule is NC(=O)c1sc2nc3c(cc2c1N)C[NH+](Cc1ccccc1)CC3. The summed E-state index contributed by atoms with van der Waals surface area (Å²) in [6, 6.07) is 12.6. The van der Waals surface area contributed by atoms with Crippen LogP contribution in [0.3, 0.4) is 0 Å². The number of amides is 1. The number of rotatable bonds is 3. The highest BCUT2D eigenvalue weighted by Crippen LogP contribution is 2.33. The fourth-order valence-electron chi connectivity index (χ4n) is 3.36. The van der Waals surface area contributed by atoms with Crippen LogP contribution in [0.4, 0.5) is 5.69 Å². The maximum atomic E-state index is 11.5. The van der Waals surface area contributed by atoms with Crippen LogP contribution in [0.1, 0.15) is 26.5 Å². The van der Waals surface area contributed by atoms with E-state index in [0.29, 0.717) is 10.6 Å². The van der Waals surface area contributed by atoms with Gasteiger partial charge in [0.1, 0.15) is 22.8 Å². The number of hydrogen-bond donors (Lipinski definition) is 3. The number of pyridine rings is 1. The first kappa shape index (κ1) is 15.1. The van der Waals surface area contributed by atoms with Gasteiger partial charge in [0.15, 0.2) is 0 Å². The summed E-state index contributed by atoms with van der Waals surface area (Å²) in [5.41, 5.74) is 15.6. The highest BCUT2D eigenvalue weighted by Gasteiger charge is 2.24. The molecular formula is C18H19N4OS+. The van der Waals surface area contributed by atoms with E-state index in [1.165, 1.54) is 27.4 Å².